The van der Waals surface area contributed by atoms with E-state index in [1.807, 2.05) is 12.1 Å². The number of halogens is 4. The summed E-state index contributed by atoms with van der Waals surface area (Å²) in [7, 11) is 1.54. The van der Waals surface area contributed by atoms with Crippen LogP contribution in [0.25, 0.3) is 0 Å². The molecule has 0 saturated carbocycles. The van der Waals surface area contributed by atoms with Gasteiger partial charge in [-0.1, -0.05) is 15.9 Å². The quantitative estimate of drug-likeness (QED) is 0.617. The van der Waals surface area contributed by atoms with E-state index in [0.717, 1.165) is 11.6 Å². The van der Waals surface area contributed by atoms with E-state index < -0.39 is 11.6 Å². The minimum absolute atomic E-state index is 0.0390. The molecule has 2 aromatic carbocycles. The highest BCUT2D eigenvalue weighted by Crippen LogP contribution is 2.37. The Kier molecular flexibility index (Phi) is 5.58. The molecule has 112 valence electrons. The molecule has 0 amide bonds. The van der Waals surface area contributed by atoms with Crippen LogP contribution in [-0.4, -0.2) is 7.11 Å². The smallest absolute Gasteiger partial charge is 0.175 e. The predicted molar refractivity (Wildman–Crippen MR) is 84.0 cm³/mol. The van der Waals surface area contributed by atoms with Crippen molar-refractivity contribution in [1.82, 2.24) is 0 Å². The molecule has 0 fully saturated rings. The molecule has 0 aromatic heterocycles. The summed E-state index contributed by atoms with van der Waals surface area (Å²) in [5.41, 5.74) is 1.42. The summed E-state index contributed by atoms with van der Waals surface area (Å²) < 4.78 is 37.9. The van der Waals surface area contributed by atoms with Gasteiger partial charge in [-0.15, -0.1) is 0 Å². The van der Waals surface area contributed by atoms with Crippen LogP contribution in [0.4, 0.5) is 8.78 Å². The first-order valence-electron chi connectivity index (χ1n) is 6.03. The minimum Gasteiger partial charge on any atom is -0.493 e. The van der Waals surface area contributed by atoms with Crippen molar-refractivity contribution in [2.75, 3.05) is 7.11 Å². The van der Waals surface area contributed by atoms with Gasteiger partial charge in [-0.25, -0.2) is 8.78 Å². The SMILES string of the molecule is COc1cc(CBr)cc(Br)c1OCc1cc(F)cc(F)c1. The summed E-state index contributed by atoms with van der Waals surface area (Å²) in [6.07, 6.45) is 0. The second-order valence-corrected chi connectivity index (χ2v) is 5.72. The standard InChI is InChI=1S/C15H12Br2F2O2/c1-20-14-5-9(7-16)4-13(17)15(14)21-8-10-2-11(18)6-12(19)3-10/h2-6H,7-8H2,1H3. The number of rotatable bonds is 5. The van der Waals surface area contributed by atoms with Gasteiger partial charge in [0.2, 0.25) is 0 Å². The first-order chi connectivity index (χ1) is 10.0. The monoisotopic (exact) mass is 420 g/mol. The van der Waals surface area contributed by atoms with Gasteiger partial charge in [0.25, 0.3) is 0 Å². The van der Waals surface area contributed by atoms with Gasteiger partial charge in [0.15, 0.2) is 11.5 Å². The average Bonchev–Trinajstić information content (AvgIpc) is 2.44. The number of benzene rings is 2. The van der Waals surface area contributed by atoms with Crippen LogP contribution in [0.15, 0.2) is 34.8 Å². The number of alkyl halides is 1. The van der Waals surface area contributed by atoms with E-state index >= 15 is 0 Å². The van der Waals surface area contributed by atoms with Gasteiger partial charge in [-0.05, 0) is 51.3 Å². The Morgan fingerprint density at radius 2 is 1.67 bits per heavy atom. The second-order valence-electron chi connectivity index (χ2n) is 4.31. The first kappa shape index (κ1) is 16.2. The summed E-state index contributed by atoms with van der Waals surface area (Å²) >= 11 is 6.78. The zero-order chi connectivity index (χ0) is 15.4. The van der Waals surface area contributed by atoms with Crippen molar-refractivity contribution in [3.63, 3.8) is 0 Å². The number of hydrogen-bond acceptors (Lipinski definition) is 2. The van der Waals surface area contributed by atoms with Crippen molar-refractivity contribution in [3.05, 3.63) is 57.6 Å². The summed E-state index contributed by atoms with van der Waals surface area (Å²) in [6.45, 7) is 0.0390. The third kappa shape index (κ3) is 4.17. The van der Waals surface area contributed by atoms with Crippen molar-refractivity contribution < 1.29 is 18.3 Å². The Morgan fingerprint density at radius 1 is 1.00 bits per heavy atom. The van der Waals surface area contributed by atoms with Gasteiger partial charge >= 0.3 is 0 Å². The fourth-order valence-corrected chi connectivity index (χ4v) is 2.77. The summed E-state index contributed by atoms with van der Waals surface area (Å²) in [5.74, 6) is -0.217. The van der Waals surface area contributed by atoms with Crippen LogP contribution in [0.2, 0.25) is 0 Å². The van der Waals surface area contributed by atoms with Crippen LogP contribution in [0, 0.1) is 11.6 Å². The van der Waals surface area contributed by atoms with Gasteiger partial charge in [0.05, 0.1) is 11.6 Å². The van der Waals surface area contributed by atoms with Crippen molar-refractivity contribution in [3.8, 4) is 11.5 Å². The lowest BCUT2D eigenvalue weighted by Gasteiger charge is -2.14. The van der Waals surface area contributed by atoms with Crippen molar-refractivity contribution in [1.29, 1.82) is 0 Å². The Bertz CT molecular complexity index is 628. The molecule has 0 bridgehead atoms. The van der Waals surface area contributed by atoms with Crippen LogP contribution in [0.3, 0.4) is 0 Å². The van der Waals surface area contributed by atoms with E-state index in [1.165, 1.54) is 19.2 Å². The molecule has 0 aliphatic heterocycles. The van der Waals surface area contributed by atoms with E-state index in [9.17, 15) is 8.78 Å². The number of ether oxygens (including phenoxy) is 2. The lowest BCUT2D eigenvalue weighted by Crippen LogP contribution is -2.00. The minimum atomic E-state index is -0.630. The van der Waals surface area contributed by atoms with E-state index in [2.05, 4.69) is 31.9 Å². The van der Waals surface area contributed by atoms with Crippen LogP contribution in [0.1, 0.15) is 11.1 Å². The topological polar surface area (TPSA) is 18.5 Å². The van der Waals surface area contributed by atoms with Crippen LogP contribution >= 0.6 is 31.9 Å². The van der Waals surface area contributed by atoms with Gasteiger partial charge in [0.1, 0.15) is 18.2 Å². The molecule has 0 unspecified atom stereocenters. The predicted octanol–water partition coefficient (Wildman–Crippen LogP) is 5.21. The lowest BCUT2D eigenvalue weighted by atomic mass is 10.2. The Morgan fingerprint density at radius 3 is 2.24 bits per heavy atom. The van der Waals surface area contributed by atoms with Crippen LogP contribution < -0.4 is 9.47 Å². The average molecular weight is 422 g/mol. The zero-order valence-corrected chi connectivity index (χ0v) is 14.3. The number of hydrogen-bond donors (Lipinski definition) is 0. The molecular formula is C15H12Br2F2O2. The molecular weight excluding hydrogens is 410 g/mol. The molecule has 0 heterocycles. The Hall–Kier alpha value is -1.14. The molecule has 2 rings (SSSR count). The molecule has 0 spiro atoms. The highest BCUT2D eigenvalue weighted by atomic mass is 79.9. The molecule has 0 radical (unpaired) electrons. The van der Waals surface area contributed by atoms with Gasteiger partial charge in [0, 0.05) is 11.4 Å². The molecule has 2 aromatic rings. The van der Waals surface area contributed by atoms with Crippen molar-refractivity contribution >= 4 is 31.9 Å². The maximum atomic E-state index is 13.1. The second kappa shape index (κ2) is 7.22. The van der Waals surface area contributed by atoms with E-state index in [1.54, 1.807) is 0 Å². The normalized spacial score (nSPS) is 10.5. The van der Waals surface area contributed by atoms with E-state index in [0.29, 0.717) is 26.9 Å². The molecule has 0 aliphatic carbocycles. The maximum absolute atomic E-state index is 13.1. The molecule has 0 aliphatic rings. The van der Waals surface area contributed by atoms with E-state index in [-0.39, 0.29) is 6.61 Å². The highest BCUT2D eigenvalue weighted by molar-refractivity contribution is 9.10. The van der Waals surface area contributed by atoms with Crippen LogP contribution in [-0.2, 0) is 11.9 Å². The van der Waals surface area contributed by atoms with E-state index in [4.69, 9.17) is 9.47 Å². The third-order valence-electron chi connectivity index (χ3n) is 2.75. The zero-order valence-electron chi connectivity index (χ0n) is 11.1. The largest absolute Gasteiger partial charge is 0.493 e. The molecule has 0 saturated heterocycles. The summed E-state index contributed by atoms with van der Waals surface area (Å²) in [4.78, 5) is 0. The van der Waals surface area contributed by atoms with Gasteiger partial charge < -0.3 is 9.47 Å². The summed E-state index contributed by atoms with van der Waals surface area (Å²) in [5, 5.41) is 0.678. The fraction of sp³-hybridized carbons (Fsp3) is 0.200. The first-order valence-corrected chi connectivity index (χ1v) is 7.95. The fourth-order valence-electron chi connectivity index (χ4n) is 1.84. The summed E-state index contributed by atoms with van der Waals surface area (Å²) in [6, 6.07) is 7.01. The molecule has 2 nitrogen and oxygen atoms in total. The Labute approximate surface area is 138 Å². The van der Waals surface area contributed by atoms with Crippen molar-refractivity contribution in [2.24, 2.45) is 0 Å². The Balaban J connectivity index is 2.23. The maximum Gasteiger partial charge on any atom is 0.175 e. The van der Waals surface area contributed by atoms with Gasteiger partial charge in [-0.2, -0.15) is 0 Å². The highest BCUT2D eigenvalue weighted by Gasteiger charge is 2.12. The molecule has 0 atom stereocenters. The lowest BCUT2D eigenvalue weighted by molar-refractivity contribution is 0.281. The molecule has 0 N–H and O–H groups in total. The van der Waals surface area contributed by atoms with Gasteiger partial charge in [-0.3, -0.25) is 0 Å². The number of methoxy groups -OCH3 is 1. The third-order valence-corrected chi connectivity index (χ3v) is 3.99. The van der Waals surface area contributed by atoms with Crippen LogP contribution in [0.5, 0.6) is 11.5 Å². The molecule has 6 heteroatoms. The van der Waals surface area contributed by atoms with Crippen molar-refractivity contribution in [2.45, 2.75) is 11.9 Å². The molecule has 21 heavy (non-hydrogen) atoms.